The second-order valence-electron chi connectivity index (χ2n) is 3.38. The number of rotatable bonds is 5. The number of carbonyl (C=O) groups excluding carboxylic acids is 2. The molecular formula is C13H15NO2. The predicted octanol–water partition coefficient (Wildman–Crippen LogP) is 2.30. The van der Waals surface area contributed by atoms with Crippen LogP contribution in [0.4, 0.5) is 0 Å². The lowest BCUT2D eigenvalue weighted by Crippen LogP contribution is -2.16. The largest absolute Gasteiger partial charge is 0.333 e. The number of hydrogen-bond acceptors (Lipinski definition) is 2. The van der Waals surface area contributed by atoms with Crippen molar-refractivity contribution < 1.29 is 9.59 Å². The zero-order valence-electron chi connectivity index (χ0n) is 9.27. The summed E-state index contributed by atoms with van der Waals surface area (Å²) in [7, 11) is 0. The molecule has 0 aliphatic heterocycles. The van der Waals surface area contributed by atoms with E-state index >= 15 is 0 Å². The van der Waals surface area contributed by atoms with Gasteiger partial charge in [-0.15, -0.1) is 0 Å². The van der Waals surface area contributed by atoms with Crippen LogP contribution in [-0.2, 0) is 4.79 Å². The molecule has 3 nitrogen and oxygen atoms in total. The van der Waals surface area contributed by atoms with Gasteiger partial charge >= 0.3 is 0 Å². The molecule has 0 aromatic heterocycles. The Balaban J connectivity index is 2.46. The minimum atomic E-state index is -0.114. The van der Waals surface area contributed by atoms with Gasteiger partial charge in [-0.1, -0.05) is 37.3 Å². The van der Waals surface area contributed by atoms with E-state index in [2.05, 4.69) is 5.32 Å². The molecule has 1 aromatic rings. The Kier molecular flexibility index (Phi) is 4.99. The lowest BCUT2D eigenvalue weighted by atomic mass is 10.1. The highest BCUT2D eigenvalue weighted by molar-refractivity contribution is 6.04. The molecule has 84 valence electrons. The van der Waals surface area contributed by atoms with Crippen molar-refractivity contribution in [3.63, 3.8) is 0 Å². The summed E-state index contributed by atoms with van der Waals surface area (Å²) in [5, 5.41) is 2.54. The summed E-state index contributed by atoms with van der Waals surface area (Å²) in [4.78, 5) is 22.6. The van der Waals surface area contributed by atoms with Gasteiger partial charge in [0.15, 0.2) is 5.78 Å². The van der Waals surface area contributed by atoms with E-state index in [-0.39, 0.29) is 11.7 Å². The van der Waals surface area contributed by atoms with Crippen LogP contribution in [0.25, 0.3) is 0 Å². The fourth-order valence-electron chi connectivity index (χ4n) is 1.21. The Morgan fingerprint density at radius 3 is 2.56 bits per heavy atom. The van der Waals surface area contributed by atoms with Crippen LogP contribution in [-0.4, -0.2) is 11.7 Å². The highest BCUT2D eigenvalue weighted by Gasteiger charge is 1.99. The molecule has 0 atom stereocenters. The highest BCUT2D eigenvalue weighted by atomic mass is 16.1. The number of nitrogens with one attached hydrogen (secondary N) is 1. The molecule has 0 fully saturated rings. The van der Waals surface area contributed by atoms with Gasteiger partial charge in [0.2, 0.25) is 5.91 Å². The molecule has 0 unspecified atom stereocenters. The fraction of sp³-hybridized carbons (Fsp3) is 0.231. The van der Waals surface area contributed by atoms with Crippen molar-refractivity contribution in [2.75, 3.05) is 0 Å². The van der Waals surface area contributed by atoms with Crippen LogP contribution < -0.4 is 5.32 Å². The van der Waals surface area contributed by atoms with Crippen LogP contribution in [0.3, 0.4) is 0 Å². The number of ketones is 1. The minimum Gasteiger partial charge on any atom is -0.333 e. The van der Waals surface area contributed by atoms with E-state index in [1.807, 2.05) is 13.0 Å². The molecule has 0 aliphatic rings. The van der Waals surface area contributed by atoms with Gasteiger partial charge in [0.05, 0.1) is 0 Å². The zero-order chi connectivity index (χ0) is 11.8. The Morgan fingerprint density at radius 2 is 1.94 bits per heavy atom. The predicted molar refractivity (Wildman–Crippen MR) is 63.0 cm³/mol. The molecule has 0 bridgehead atoms. The van der Waals surface area contributed by atoms with Gasteiger partial charge in [-0.25, -0.2) is 0 Å². The third kappa shape index (κ3) is 4.09. The van der Waals surface area contributed by atoms with E-state index < -0.39 is 0 Å². The maximum atomic E-state index is 11.5. The van der Waals surface area contributed by atoms with Crippen molar-refractivity contribution in [1.82, 2.24) is 5.32 Å². The first kappa shape index (κ1) is 12.2. The number of amides is 1. The van der Waals surface area contributed by atoms with Gasteiger partial charge in [-0.3, -0.25) is 9.59 Å². The summed E-state index contributed by atoms with van der Waals surface area (Å²) in [5.41, 5.74) is 0.614. The quantitative estimate of drug-likeness (QED) is 0.607. The maximum Gasteiger partial charge on any atom is 0.223 e. The third-order valence-corrected chi connectivity index (χ3v) is 2.01. The molecule has 16 heavy (non-hydrogen) atoms. The van der Waals surface area contributed by atoms with E-state index in [4.69, 9.17) is 0 Å². The summed E-state index contributed by atoms with van der Waals surface area (Å²) in [6.45, 7) is 1.93. The van der Waals surface area contributed by atoms with Crippen LogP contribution in [0.1, 0.15) is 30.1 Å². The van der Waals surface area contributed by atoms with Crippen molar-refractivity contribution >= 4 is 11.7 Å². The van der Waals surface area contributed by atoms with E-state index in [1.54, 1.807) is 24.3 Å². The molecular weight excluding hydrogens is 202 g/mol. The number of allylic oxidation sites excluding steroid dienone is 1. The monoisotopic (exact) mass is 217 g/mol. The maximum absolute atomic E-state index is 11.5. The van der Waals surface area contributed by atoms with Crippen LogP contribution in [0.15, 0.2) is 42.6 Å². The zero-order valence-corrected chi connectivity index (χ0v) is 9.27. The average Bonchev–Trinajstić information content (AvgIpc) is 2.30. The van der Waals surface area contributed by atoms with Gasteiger partial charge in [-0.2, -0.15) is 0 Å². The lowest BCUT2D eigenvalue weighted by Gasteiger charge is -1.97. The van der Waals surface area contributed by atoms with Gasteiger partial charge in [0.1, 0.15) is 0 Å². The average molecular weight is 217 g/mol. The van der Waals surface area contributed by atoms with Crippen LogP contribution in [0.2, 0.25) is 0 Å². The normalized spacial score (nSPS) is 10.3. The minimum absolute atomic E-state index is 0.0698. The van der Waals surface area contributed by atoms with E-state index in [9.17, 15) is 9.59 Å². The first-order chi connectivity index (χ1) is 7.74. The summed E-state index contributed by atoms with van der Waals surface area (Å²) in [6.07, 6.45) is 4.03. The second kappa shape index (κ2) is 6.56. The first-order valence-electron chi connectivity index (χ1n) is 5.29. The molecule has 0 spiro atoms. The molecule has 1 amide bonds. The SMILES string of the molecule is CCCC(=O)N/C=C\C(=O)c1ccccc1. The van der Waals surface area contributed by atoms with E-state index in [0.29, 0.717) is 12.0 Å². The summed E-state index contributed by atoms with van der Waals surface area (Å²) in [6, 6.07) is 8.93. The van der Waals surface area contributed by atoms with Crippen molar-refractivity contribution in [3.05, 3.63) is 48.2 Å². The van der Waals surface area contributed by atoms with Crippen LogP contribution in [0, 0.1) is 0 Å². The van der Waals surface area contributed by atoms with E-state index in [0.717, 1.165) is 6.42 Å². The molecule has 1 aromatic carbocycles. The highest BCUT2D eigenvalue weighted by Crippen LogP contribution is 2.00. The Hall–Kier alpha value is -1.90. The summed E-state index contributed by atoms with van der Waals surface area (Å²) >= 11 is 0. The van der Waals surface area contributed by atoms with Gasteiger partial charge in [0.25, 0.3) is 0 Å². The van der Waals surface area contributed by atoms with Crippen LogP contribution in [0.5, 0.6) is 0 Å². The summed E-state index contributed by atoms with van der Waals surface area (Å²) < 4.78 is 0. The standard InChI is InChI=1S/C13H15NO2/c1-2-6-13(16)14-10-9-12(15)11-7-4-3-5-8-11/h3-5,7-10H,2,6H2,1H3,(H,14,16)/b10-9-. The molecule has 1 N–H and O–H groups in total. The number of hydrogen-bond donors (Lipinski definition) is 1. The smallest absolute Gasteiger partial charge is 0.223 e. The fourth-order valence-corrected chi connectivity index (χ4v) is 1.21. The molecule has 0 radical (unpaired) electrons. The van der Waals surface area contributed by atoms with Crippen molar-refractivity contribution in [3.8, 4) is 0 Å². The summed E-state index contributed by atoms with van der Waals surface area (Å²) in [5.74, 6) is -0.183. The second-order valence-corrected chi connectivity index (χ2v) is 3.38. The first-order valence-corrected chi connectivity index (χ1v) is 5.29. The van der Waals surface area contributed by atoms with Crippen molar-refractivity contribution in [1.29, 1.82) is 0 Å². The Morgan fingerprint density at radius 1 is 1.25 bits per heavy atom. The third-order valence-electron chi connectivity index (χ3n) is 2.01. The number of benzene rings is 1. The molecule has 1 rings (SSSR count). The molecule has 0 saturated carbocycles. The Labute approximate surface area is 95.2 Å². The Bertz CT molecular complexity index is 382. The van der Waals surface area contributed by atoms with Crippen molar-refractivity contribution in [2.45, 2.75) is 19.8 Å². The molecule has 0 heterocycles. The molecule has 0 aliphatic carbocycles. The number of carbonyl (C=O) groups is 2. The van der Waals surface area contributed by atoms with Crippen molar-refractivity contribution in [2.24, 2.45) is 0 Å². The molecule has 3 heteroatoms. The lowest BCUT2D eigenvalue weighted by molar-refractivity contribution is -0.120. The topological polar surface area (TPSA) is 46.2 Å². The van der Waals surface area contributed by atoms with Gasteiger partial charge in [0, 0.05) is 24.3 Å². The molecule has 0 saturated heterocycles. The van der Waals surface area contributed by atoms with Gasteiger partial charge in [-0.05, 0) is 6.42 Å². The van der Waals surface area contributed by atoms with Gasteiger partial charge < -0.3 is 5.32 Å². The van der Waals surface area contributed by atoms with Crippen LogP contribution >= 0.6 is 0 Å². The van der Waals surface area contributed by atoms with E-state index in [1.165, 1.54) is 12.3 Å².